The summed E-state index contributed by atoms with van der Waals surface area (Å²) >= 11 is 1.33. The molecule has 0 aliphatic heterocycles. The summed E-state index contributed by atoms with van der Waals surface area (Å²) in [5, 5.41) is 7.39. The number of aromatic nitrogens is 2. The maximum Gasteiger partial charge on any atom is 0.261 e. The van der Waals surface area contributed by atoms with Gasteiger partial charge in [0.15, 0.2) is 0 Å². The lowest BCUT2D eigenvalue weighted by molar-refractivity contribution is -0.120. The summed E-state index contributed by atoms with van der Waals surface area (Å²) in [6.45, 7) is -0.117. The standard InChI is InChI=1S/C19H20N4O3S/c1-23-10-9-20-18(23)17(13-5-7-14(26-2)8-6-13)22-16(24)12-21-19(25)15-4-3-11-27-15/h3-11,17H,12H2,1-2H3,(H,21,25)(H,22,24). The summed E-state index contributed by atoms with van der Waals surface area (Å²) in [7, 11) is 3.47. The smallest absolute Gasteiger partial charge is 0.261 e. The monoisotopic (exact) mass is 384 g/mol. The lowest BCUT2D eigenvalue weighted by Gasteiger charge is -2.19. The molecule has 0 radical (unpaired) electrons. The molecule has 3 rings (SSSR count). The van der Waals surface area contributed by atoms with E-state index < -0.39 is 6.04 Å². The molecule has 1 aromatic carbocycles. The van der Waals surface area contributed by atoms with Gasteiger partial charge >= 0.3 is 0 Å². The Kier molecular flexibility index (Phi) is 5.87. The van der Waals surface area contributed by atoms with Crippen LogP contribution >= 0.6 is 11.3 Å². The van der Waals surface area contributed by atoms with E-state index in [1.165, 1.54) is 11.3 Å². The minimum Gasteiger partial charge on any atom is -0.497 e. The zero-order valence-electron chi connectivity index (χ0n) is 15.0. The van der Waals surface area contributed by atoms with Crippen LogP contribution in [0, 0.1) is 0 Å². The largest absolute Gasteiger partial charge is 0.497 e. The summed E-state index contributed by atoms with van der Waals surface area (Å²) in [5.41, 5.74) is 0.864. The van der Waals surface area contributed by atoms with Gasteiger partial charge in [0, 0.05) is 19.4 Å². The van der Waals surface area contributed by atoms with Crippen LogP contribution in [0.1, 0.15) is 27.1 Å². The van der Waals surface area contributed by atoms with Crippen LogP contribution in [-0.2, 0) is 11.8 Å². The Labute approximate surface area is 161 Å². The number of ether oxygens (including phenoxy) is 1. The molecule has 2 aromatic heterocycles. The Balaban J connectivity index is 1.72. The van der Waals surface area contributed by atoms with Gasteiger partial charge in [-0.3, -0.25) is 9.59 Å². The molecule has 2 amide bonds. The number of amides is 2. The molecule has 7 nitrogen and oxygen atoms in total. The molecule has 140 valence electrons. The number of hydrogen-bond donors (Lipinski definition) is 2. The van der Waals surface area contributed by atoms with Crippen LogP contribution < -0.4 is 15.4 Å². The van der Waals surface area contributed by atoms with Crippen molar-refractivity contribution in [2.24, 2.45) is 7.05 Å². The SMILES string of the molecule is COc1ccc(C(NC(=O)CNC(=O)c2cccs2)c2nccn2C)cc1. The van der Waals surface area contributed by atoms with Gasteiger partial charge < -0.3 is 19.9 Å². The minimum absolute atomic E-state index is 0.117. The van der Waals surface area contributed by atoms with E-state index in [0.717, 1.165) is 11.3 Å². The molecule has 0 aliphatic carbocycles. The molecular formula is C19H20N4O3S. The van der Waals surface area contributed by atoms with Crippen molar-refractivity contribution in [1.29, 1.82) is 0 Å². The average molecular weight is 384 g/mol. The quantitative estimate of drug-likeness (QED) is 0.653. The number of thiophene rings is 1. The van der Waals surface area contributed by atoms with Gasteiger partial charge in [-0.15, -0.1) is 11.3 Å². The van der Waals surface area contributed by atoms with Crippen molar-refractivity contribution in [3.8, 4) is 5.75 Å². The number of rotatable bonds is 7. The fraction of sp³-hybridized carbons (Fsp3) is 0.211. The van der Waals surface area contributed by atoms with Crippen LogP contribution in [0.4, 0.5) is 0 Å². The molecular weight excluding hydrogens is 364 g/mol. The number of benzene rings is 1. The van der Waals surface area contributed by atoms with E-state index in [9.17, 15) is 9.59 Å². The Morgan fingerprint density at radius 2 is 2.04 bits per heavy atom. The summed E-state index contributed by atoms with van der Waals surface area (Å²) < 4.78 is 7.04. The number of carbonyl (C=O) groups is 2. The van der Waals surface area contributed by atoms with Gasteiger partial charge in [-0.2, -0.15) is 0 Å². The first-order valence-corrected chi connectivity index (χ1v) is 9.18. The van der Waals surface area contributed by atoms with E-state index >= 15 is 0 Å². The number of imidazole rings is 1. The molecule has 0 spiro atoms. The topological polar surface area (TPSA) is 85.2 Å². The van der Waals surface area contributed by atoms with E-state index in [0.29, 0.717) is 10.7 Å². The highest BCUT2D eigenvalue weighted by Crippen LogP contribution is 2.22. The van der Waals surface area contributed by atoms with E-state index in [4.69, 9.17) is 4.74 Å². The number of nitrogens with zero attached hydrogens (tertiary/aromatic N) is 2. The molecule has 0 bridgehead atoms. The highest BCUT2D eigenvalue weighted by molar-refractivity contribution is 7.12. The number of nitrogens with one attached hydrogen (secondary N) is 2. The molecule has 1 atom stereocenters. The van der Waals surface area contributed by atoms with Crippen LogP contribution in [0.2, 0.25) is 0 Å². The fourth-order valence-corrected chi connectivity index (χ4v) is 3.26. The highest BCUT2D eigenvalue weighted by Gasteiger charge is 2.21. The first-order chi connectivity index (χ1) is 13.1. The molecule has 2 N–H and O–H groups in total. The number of carbonyl (C=O) groups excluding carboxylic acids is 2. The van der Waals surface area contributed by atoms with Crippen molar-refractivity contribution in [3.05, 3.63) is 70.4 Å². The van der Waals surface area contributed by atoms with Gasteiger partial charge in [0.1, 0.15) is 17.6 Å². The van der Waals surface area contributed by atoms with Crippen molar-refractivity contribution >= 4 is 23.2 Å². The third kappa shape index (κ3) is 4.53. The Bertz CT molecular complexity index is 903. The van der Waals surface area contributed by atoms with Crippen LogP contribution in [-0.4, -0.2) is 35.0 Å². The van der Waals surface area contributed by atoms with Gasteiger partial charge in [-0.05, 0) is 29.1 Å². The molecule has 3 aromatic rings. The molecule has 8 heteroatoms. The van der Waals surface area contributed by atoms with Crippen molar-refractivity contribution in [1.82, 2.24) is 20.2 Å². The van der Waals surface area contributed by atoms with Gasteiger partial charge in [-0.1, -0.05) is 18.2 Å². The van der Waals surface area contributed by atoms with Crippen LogP contribution in [0.5, 0.6) is 5.75 Å². The normalized spacial score (nSPS) is 11.6. The second-order valence-corrected chi connectivity index (χ2v) is 6.78. The molecule has 0 saturated carbocycles. The fourth-order valence-electron chi connectivity index (χ4n) is 2.62. The second kappa shape index (κ2) is 8.50. The summed E-state index contributed by atoms with van der Waals surface area (Å²) in [4.78, 5) is 29.4. The Morgan fingerprint density at radius 3 is 2.63 bits per heavy atom. The van der Waals surface area contributed by atoms with Crippen molar-refractivity contribution in [3.63, 3.8) is 0 Å². The van der Waals surface area contributed by atoms with E-state index in [2.05, 4.69) is 15.6 Å². The predicted molar refractivity (Wildman–Crippen MR) is 103 cm³/mol. The van der Waals surface area contributed by atoms with E-state index in [1.807, 2.05) is 47.5 Å². The minimum atomic E-state index is -0.443. The first-order valence-electron chi connectivity index (χ1n) is 8.30. The maximum absolute atomic E-state index is 12.4. The molecule has 0 saturated heterocycles. The first kappa shape index (κ1) is 18.7. The van der Waals surface area contributed by atoms with Crippen molar-refractivity contribution in [2.75, 3.05) is 13.7 Å². The number of aryl methyl sites for hydroxylation is 1. The predicted octanol–water partition coefficient (Wildman–Crippen LogP) is 2.13. The second-order valence-electron chi connectivity index (χ2n) is 5.83. The van der Waals surface area contributed by atoms with Crippen LogP contribution in [0.25, 0.3) is 0 Å². The van der Waals surface area contributed by atoms with Crippen LogP contribution in [0.15, 0.2) is 54.2 Å². The number of hydrogen-bond acceptors (Lipinski definition) is 5. The van der Waals surface area contributed by atoms with E-state index in [1.54, 1.807) is 25.4 Å². The lowest BCUT2D eigenvalue weighted by Crippen LogP contribution is -2.39. The van der Waals surface area contributed by atoms with Gasteiger partial charge in [0.05, 0.1) is 18.5 Å². The van der Waals surface area contributed by atoms with Gasteiger partial charge in [-0.25, -0.2) is 4.98 Å². The third-order valence-electron chi connectivity index (χ3n) is 4.03. The highest BCUT2D eigenvalue weighted by atomic mass is 32.1. The Morgan fingerprint density at radius 1 is 1.26 bits per heavy atom. The molecule has 27 heavy (non-hydrogen) atoms. The zero-order valence-corrected chi connectivity index (χ0v) is 15.8. The maximum atomic E-state index is 12.4. The Hall–Kier alpha value is -3.13. The van der Waals surface area contributed by atoms with Crippen LogP contribution in [0.3, 0.4) is 0 Å². The molecule has 2 heterocycles. The van der Waals surface area contributed by atoms with Crippen molar-refractivity contribution in [2.45, 2.75) is 6.04 Å². The molecule has 0 aliphatic rings. The van der Waals surface area contributed by atoms with Gasteiger partial charge in [0.2, 0.25) is 5.91 Å². The molecule has 0 fully saturated rings. The molecule has 1 unspecified atom stereocenters. The number of methoxy groups -OCH3 is 1. The third-order valence-corrected chi connectivity index (χ3v) is 4.89. The summed E-state index contributed by atoms with van der Waals surface area (Å²) in [6, 6.07) is 10.5. The van der Waals surface area contributed by atoms with Gasteiger partial charge in [0.25, 0.3) is 5.91 Å². The average Bonchev–Trinajstić information content (AvgIpc) is 3.36. The lowest BCUT2D eigenvalue weighted by atomic mass is 10.1. The van der Waals surface area contributed by atoms with E-state index in [-0.39, 0.29) is 18.4 Å². The zero-order chi connectivity index (χ0) is 19.2. The summed E-state index contributed by atoms with van der Waals surface area (Å²) in [6.07, 6.45) is 3.49. The van der Waals surface area contributed by atoms with Crippen molar-refractivity contribution < 1.29 is 14.3 Å². The summed E-state index contributed by atoms with van der Waals surface area (Å²) in [5.74, 6) is 0.854.